The molecule has 0 aliphatic rings. The highest BCUT2D eigenvalue weighted by atomic mass is 16.6. The lowest BCUT2D eigenvalue weighted by Gasteiger charge is -2.11. The summed E-state index contributed by atoms with van der Waals surface area (Å²) in [5.41, 5.74) is -0.417. The summed E-state index contributed by atoms with van der Waals surface area (Å²) in [5.74, 6) is -2.08. The minimum absolute atomic E-state index is 0.120. The first-order valence-electron chi connectivity index (χ1n) is 4.93. The number of amides is 1. The molecule has 0 radical (unpaired) electrons. The number of aromatic nitrogens is 1. The van der Waals surface area contributed by atoms with Crippen molar-refractivity contribution >= 4 is 17.6 Å². The lowest BCUT2D eigenvalue weighted by atomic mass is 10.2. The summed E-state index contributed by atoms with van der Waals surface area (Å²) in [6.07, 6.45) is 0.876. The predicted octanol–water partition coefficient (Wildman–Crippen LogP) is -0.512. The van der Waals surface area contributed by atoms with Crippen molar-refractivity contribution in [2.75, 3.05) is 6.61 Å². The van der Waals surface area contributed by atoms with E-state index in [4.69, 9.17) is 10.2 Å². The molecule has 0 spiro atoms. The fraction of sp³-hybridized carbons (Fsp3) is 0.333. The fourth-order valence-electron chi connectivity index (χ4n) is 1.24. The van der Waals surface area contributed by atoms with Crippen molar-refractivity contribution in [1.82, 2.24) is 10.3 Å². The van der Waals surface area contributed by atoms with Crippen molar-refractivity contribution in [1.29, 1.82) is 0 Å². The molecule has 1 atom stereocenters. The molecule has 0 aliphatic carbocycles. The molecular formula is C9H11N3O6. The molecule has 0 unspecified atom stereocenters. The molecule has 98 valence electrons. The van der Waals surface area contributed by atoms with Crippen LogP contribution in [0.5, 0.6) is 0 Å². The molecule has 0 saturated heterocycles. The zero-order valence-electron chi connectivity index (χ0n) is 9.12. The molecule has 9 heteroatoms. The molecule has 0 aromatic carbocycles. The molecule has 9 nitrogen and oxygen atoms in total. The molecule has 1 aromatic rings. The van der Waals surface area contributed by atoms with Crippen LogP contribution in [0.15, 0.2) is 12.3 Å². The van der Waals surface area contributed by atoms with Crippen LogP contribution in [0.4, 0.5) is 5.69 Å². The number of hydrogen-bond acceptors (Lipinski definition) is 5. The van der Waals surface area contributed by atoms with Gasteiger partial charge in [0, 0.05) is 19.1 Å². The van der Waals surface area contributed by atoms with Gasteiger partial charge in [-0.15, -0.1) is 0 Å². The summed E-state index contributed by atoms with van der Waals surface area (Å²) in [7, 11) is 0. The van der Waals surface area contributed by atoms with Gasteiger partial charge >= 0.3 is 5.97 Å². The van der Waals surface area contributed by atoms with E-state index in [9.17, 15) is 19.7 Å². The van der Waals surface area contributed by atoms with Crippen molar-refractivity contribution in [3.8, 4) is 0 Å². The van der Waals surface area contributed by atoms with Crippen LogP contribution in [-0.2, 0) is 4.79 Å². The number of aliphatic hydroxyl groups excluding tert-OH is 1. The third-order valence-electron chi connectivity index (χ3n) is 2.14. The molecule has 1 aromatic heterocycles. The highest BCUT2D eigenvalue weighted by Gasteiger charge is 2.22. The SMILES string of the molecule is O=C(N[C@H](CCO)C(=O)O)c1cc([N+](=O)[O-])c[nH]1. The van der Waals surface area contributed by atoms with Crippen LogP contribution in [0.25, 0.3) is 0 Å². The summed E-state index contributed by atoms with van der Waals surface area (Å²) in [6, 6.07) is -0.252. The summed E-state index contributed by atoms with van der Waals surface area (Å²) in [5, 5.41) is 29.9. The van der Waals surface area contributed by atoms with E-state index in [0.717, 1.165) is 12.3 Å². The molecule has 0 saturated carbocycles. The number of aliphatic hydroxyl groups is 1. The Balaban J connectivity index is 2.74. The third-order valence-corrected chi connectivity index (χ3v) is 2.14. The molecular weight excluding hydrogens is 246 g/mol. The number of aromatic amines is 1. The summed E-state index contributed by atoms with van der Waals surface area (Å²) in [4.78, 5) is 34.4. The fourth-order valence-corrected chi connectivity index (χ4v) is 1.24. The van der Waals surface area contributed by atoms with Crippen LogP contribution < -0.4 is 5.32 Å². The van der Waals surface area contributed by atoms with E-state index in [1.54, 1.807) is 0 Å². The van der Waals surface area contributed by atoms with Crippen LogP contribution in [0.2, 0.25) is 0 Å². The first-order valence-corrected chi connectivity index (χ1v) is 4.93. The second-order valence-electron chi connectivity index (χ2n) is 3.41. The third kappa shape index (κ3) is 3.28. The Labute approximate surface area is 101 Å². The second kappa shape index (κ2) is 5.77. The highest BCUT2D eigenvalue weighted by molar-refractivity contribution is 5.95. The van der Waals surface area contributed by atoms with Crippen LogP contribution in [0.3, 0.4) is 0 Å². The van der Waals surface area contributed by atoms with Crippen molar-refractivity contribution in [3.05, 3.63) is 28.1 Å². The number of nitrogens with one attached hydrogen (secondary N) is 2. The number of H-pyrrole nitrogens is 1. The summed E-state index contributed by atoms with van der Waals surface area (Å²) in [6.45, 7) is -0.401. The highest BCUT2D eigenvalue weighted by Crippen LogP contribution is 2.12. The zero-order chi connectivity index (χ0) is 13.7. The normalized spacial score (nSPS) is 11.8. The van der Waals surface area contributed by atoms with Crippen LogP contribution >= 0.6 is 0 Å². The largest absolute Gasteiger partial charge is 0.480 e. The van der Waals surface area contributed by atoms with Gasteiger partial charge in [-0.1, -0.05) is 0 Å². The number of hydrogen-bond donors (Lipinski definition) is 4. The van der Waals surface area contributed by atoms with E-state index < -0.39 is 29.4 Å². The number of carbonyl (C=O) groups excluding carboxylic acids is 1. The van der Waals surface area contributed by atoms with Crippen LogP contribution in [0.1, 0.15) is 16.9 Å². The van der Waals surface area contributed by atoms with Crippen LogP contribution in [-0.4, -0.2) is 44.6 Å². The molecule has 0 aliphatic heterocycles. The standard InChI is InChI=1S/C9H11N3O6/c13-2-1-6(9(15)16)11-8(14)7-3-5(4-10-7)12(17)18/h3-4,6,10,13H,1-2H2,(H,11,14)(H,15,16)/t6-/m1/s1. The van der Waals surface area contributed by atoms with Gasteiger partial charge in [0.1, 0.15) is 11.7 Å². The topological polar surface area (TPSA) is 146 Å². The van der Waals surface area contributed by atoms with Gasteiger partial charge in [-0.2, -0.15) is 0 Å². The summed E-state index contributed by atoms with van der Waals surface area (Å²) < 4.78 is 0. The van der Waals surface area contributed by atoms with Crippen molar-refractivity contribution in [2.45, 2.75) is 12.5 Å². The molecule has 0 bridgehead atoms. The van der Waals surface area contributed by atoms with Crippen molar-refractivity contribution in [3.63, 3.8) is 0 Å². The van der Waals surface area contributed by atoms with Crippen molar-refractivity contribution in [2.24, 2.45) is 0 Å². The van der Waals surface area contributed by atoms with Gasteiger partial charge in [0.25, 0.3) is 11.6 Å². The number of carbonyl (C=O) groups is 2. The van der Waals surface area contributed by atoms with Gasteiger partial charge in [-0.25, -0.2) is 4.79 Å². The molecule has 1 heterocycles. The Bertz CT molecular complexity index is 469. The molecule has 0 fully saturated rings. The Morgan fingerprint density at radius 1 is 1.56 bits per heavy atom. The van der Waals surface area contributed by atoms with Crippen molar-refractivity contribution < 1.29 is 24.7 Å². The molecule has 1 rings (SSSR count). The quantitative estimate of drug-likeness (QED) is 0.398. The second-order valence-corrected chi connectivity index (χ2v) is 3.41. The maximum Gasteiger partial charge on any atom is 0.326 e. The average Bonchev–Trinajstić information content (AvgIpc) is 2.77. The number of carboxylic acid groups (broad SMARTS) is 1. The van der Waals surface area contributed by atoms with Gasteiger partial charge < -0.3 is 20.5 Å². The Hall–Kier alpha value is -2.42. The van der Waals surface area contributed by atoms with Gasteiger partial charge in [-0.3, -0.25) is 14.9 Å². The molecule has 4 N–H and O–H groups in total. The minimum atomic E-state index is -1.29. The first kappa shape index (κ1) is 13.6. The average molecular weight is 257 g/mol. The van der Waals surface area contributed by atoms with Crippen LogP contribution in [0, 0.1) is 10.1 Å². The Morgan fingerprint density at radius 3 is 2.67 bits per heavy atom. The smallest absolute Gasteiger partial charge is 0.326 e. The summed E-state index contributed by atoms with van der Waals surface area (Å²) >= 11 is 0. The first-order chi connectivity index (χ1) is 8.45. The van der Waals surface area contributed by atoms with E-state index in [2.05, 4.69) is 10.3 Å². The van der Waals surface area contributed by atoms with Gasteiger partial charge in [0.05, 0.1) is 11.1 Å². The van der Waals surface area contributed by atoms with E-state index in [0.29, 0.717) is 0 Å². The molecule has 18 heavy (non-hydrogen) atoms. The van der Waals surface area contributed by atoms with Gasteiger partial charge in [0.2, 0.25) is 0 Å². The molecule has 1 amide bonds. The monoisotopic (exact) mass is 257 g/mol. The maximum atomic E-state index is 11.6. The van der Waals surface area contributed by atoms with E-state index in [1.165, 1.54) is 0 Å². The van der Waals surface area contributed by atoms with E-state index >= 15 is 0 Å². The Morgan fingerprint density at radius 2 is 2.22 bits per heavy atom. The van der Waals surface area contributed by atoms with Gasteiger partial charge in [0.15, 0.2) is 0 Å². The number of rotatable bonds is 6. The number of nitrogens with zero attached hydrogens (tertiary/aromatic N) is 1. The minimum Gasteiger partial charge on any atom is -0.480 e. The lowest BCUT2D eigenvalue weighted by Crippen LogP contribution is -2.41. The number of nitro groups is 1. The van der Waals surface area contributed by atoms with Gasteiger partial charge in [-0.05, 0) is 0 Å². The van der Waals surface area contributed by atoms with E-state index in [-0.39, 0.29) is 17.8 Å². The Kier molecular flexibility index (Phi) is 4.38. The lowest BCUT2D eigenvalue weighted by molar-refractivity contribution is -0.384. The predicted molar refractivity (Wildman–Crippen MR) is 58.0 cm³/mol. The zero-order valence-corrected chi connectivity index (χ0v) is 9.12. The maximum absolute atomic E-state index is 11.6. The van der Waals surface area contributed by atoms with E-state index in [1.807, 2.05) is 0 Å². The number of carboxylic acids is 1. The number of aliphatic carboxylic acids is 1.